The first-order valence-corrected chi connectivity index (χ1v) is 6.78. The van der Waals surface area contributed by atoms with E-state index >= 15 is 0 Å². The van der Waals surface area contributed by atoms with E-state index in [0.717, 1.165) is 6.42 Å². The third kappa shape index (κ3) is 3.02. The van der Waals surface area contributed by atoms with Crippen LogP contribution in [0, 0.1) is 5.92 Å². The lowest BCUT2D eigenvalue weighted by atomic mass is 10.0. The molecule has 1 saturated heterocycles. The number of amides is 1. The van der Waals surface area contributed by atoms with Gasteiger partial charge in [-0.15, -0.1) is 0 Å². The maximum Gasteiger partial charge on any atom is 0.326 e. The summed E-state index contributed by atoms with van der Waals surface area (Å²) >= 11 is 0. The zero-order chi connectivity index (χ0) is 13.1. The Bertz CT molecular complexity index is 325. The fourth-order valence-electron chi connectivity index (χ4n) is 3.09. The Morgan fingerprint density at radius 1 is 1.22 bits per heavy atom. The number of hydrogen-bond acceptors (Lipinski definition) is 3. The van der Waals surface area contributed by atoms with Crippen molar-refractivity contribution in [3.63, 3.8) is 0 Å². The number of aliphatic carboxylic acids is 1. The minimum atomic E-state index is -1.01. The van der Waals surface area contributed by atoms with Gasteiger partial charge in [0, 0.05) is 19.4 Å². The van der Waals surface area contributed by atoms with Crippen molar-refractivity contribution in [1.29, 1.82) is 0 Å². The van der Waals surface area contributed by atoms with Gasteiger partial charge in [-0.2, -0.15) is 0 Å². The van der Waals surface area contributed by atoms with Gasteiger partial charge in [0.25, 0.3) is 0 Å². The topological polar surface area (TPSA) is 77.8 Å². The Morgan fingerprint density at radius 3 is 2.50 bits per heavy atom. The van der Waals surface area contributed by atoms with Crippen LogP contribution in [0.25, 0.3) is 0 Å². The van der Waals surface area contributed by atoms with Crippen LogP contribution in [0.4, 0.5) is 0 Å². The molecule has 5 heteroatoms. The first-order valence-electron chi connectivity index (χ1n) is 6.78. The van der Waals surface area contributed by atoms with Crippen molar-refractivity contribution in [2.45, 2.75) is 57.1 Å². The molecule has 0 aromatic rings. The summed E-state index contributed by atoms with van der Waals surface area (Å²) in [5.41, 5.74) is 0. The Labute approximate surface area is 107 Å². The van der Waals surface area contributed by atoms with Crippen molar-refractivity contribution in [1.82, 2.24) is 4.90 Å². The van der Waals surface area contributed by atoms with Crippen molar-refractivity contribution < 1.29 is 19.8 Å². The molecule has 0 radical (unpaired) electrons. The van der Waals surface area contributed by atoms with E-state index in [9.17, 15) is 14.7 Å². The van der Waals surface area contributed by atoms with Crippen LogP contribution in [0.2, 0.25) is 0 Å². The average Bonchev–Trinajstić information content (AvgIpc) is 2.94. The number of carboxylic acid groups (broad SMARTS) is 1. The van der Waals surface area contributed by atoms with Crippen molar-refractivity contribution in [2.75, 3.05) is 6.54 Å². The van der Waals surface area contributed by atoms with E-state index in [1.807, 2.05) is 0 Å². The van der Waals surface area contributed by atoms with Gasteiger partial charge in [0.15, 0.2) is 0 Å². The van der Waals surface area contributed by atoms with Crippen LogP contribution >= 0.6 is 0 Å². The maximum atomic E-state index is 12.0. The predicted molar refractivity (Wildman–Crippen MR) is 65.0 cm³/mol. The van der Waals surface area contributed by atoms with Gasteiger partial charge in [-0.05, 0) is 12.3 Å². The number of carbonyl (C=O) groups excluding carboxylic acids is 1. The largest absolute Gasteiger partial charge is 0.480 e. The van der Waals surface area contributed by atoms with Crippen molar-refractivity contribution in [3.05, 3.63) is 0 Å². The molecule has 0 unspecified atom stereocenters. The second-order valence-corrected chi connectivity index (χ2v) is 5.48. The third-order valence-corrected chi connectivity index (χ3v) is 4.13. The number of nitrogens with zero attached hydrogens (tertiary/aromatic N) is 1. The lowest BCUT2D eigenvalue weighted by molar-refractivity contribution is -0.148. The van der Waals surface area contributed by atoms with E-state index in [1.54, 1.807) is 0 Å². The molecule has 1 saturated carbocycles. The number of carboxylic acids is 1. The molecule has 0 aromatic carbocycles. The number of carbonyl (C=O) groups is 2. The molecule has 5 nitrogen and oxygen atoms in total. The molecule has 1 heterocycles. The van der Waals surface area contributed by atoms with Crippen LogP contribution in [0.1, 0.15) is 44.9 Å². The van der Waals surface area contributed by atoms with Gasteiger partial charge in [-0.3, -0.25) is 4.79 Å². The SMILES string of the molecule is O=C(O)[C@H]1C[C@@H](O)CN1C(=O)CCC1CCCC1. The highest BCUT2D eigenvalue weighted by Crippen LogP contribution is 2.29. The lowest BCUT2D eigenvalue weighted by Crippen LogP contribution is -2.40. The van der Waals surface area contributed by atoms with Gasteiger partial charge in [0.2, 0.25) is 5.91 Å². The molecule has 2 atom stereocenters. The minimum absolute atomic E-state index is 0.120. The zero-order valence-corrected chi connectivity index (χ0v) is 10.5. The highest BCUT2D eigenvalue weighted by Gasteiger charge is 2.38. The van der Waals surface area contributed by atoms with E-state index in [-0.39, 0.29) is 18.9 Å². The van der Waals surface area contributed by atoms with E-state index in [1.165, 1.54) is 30.6 Å². The second kappa shape index (κ2) is 5.69. The number of rotatable bonds is 4. The Hall–Kier alpha value is -1.10. The molecule has 2 fully saturated rings. The predicted octanol–water partition coefficient (Wildman–Crippen LogP) is 1.00. The van der Waals surface area contributed by atoms with Crippen molar-refractivity contribution >= 4 is 11.9 Å². The molecule has 0 aromatic heterocycles. The van der Waals surface area contributed by atoms with Crippen molar-refractivity contribution in [2.24, 2.45) is 5.92 Å². The Morgan fingerprint density at radius 2 is 1.89 bits per heavy atom. The van der Waals surface area contributed by atoms with Gasteiger partial charge in [0.1, 0.15) is 6.04 Å². The third-order valence-electron chi connectivity index (χ3n) is 4.13. The van der Waals surface area contributed by atoms with Crippen LogP contribution in [-0.4, -0.2) is 45.7 Å². The summed E-state index contributed by atoms with van der Waals surface area (Å²) in [6.07, 6.45) is 5.62. The summed E-state index contributed by atoms with van der Waals surface area (Å²) in [5.74, 6) is -0.503. The number of β-amino-alcohol motifs (C(OH)–C–C–N with tert-alkyl or cyclic N) is 1. The number of aliphatic hydroxyl groups is 1. The van der Waals surface area contributed by atoms with Gasteiger partial charge in [-0.25, -0.2) is 4.79 Å². The number of aliphatic hydroxyl groups excluding tert-OH is 1. The molecule has 2 rings (SSSR count). The first kappa shape index (κ1) is 13.3. The zero-order valence-electron chi connectivity index (χ0n) is 10.5. The highest BCUT2D eigenvalue weighted by molar-refractivity contribution is 5.84. The van der Waals surface area contributed by atoms with Crippen LogP contribution in [0.15, 0.2) is 0 Å². The molecule has 18 heavy (non-hydrogen) atoms. The van der Waals surface area contributed by atoms with Gasteiger partial charge < -0.3 is 15.1 Å². The molecule has 0 spiro atoms. The Kier molecular flexibility index (Phi) is 4.22. The number of hydrogen-bond donors (Lipinski definition) is 2. The first-order chi connectivity index (χ1) is 8.58. The average molecular weight is 255 g/mol. The summed E-state index contributed by atoms with van der Waals surface area (Å²) in [5, 5.41) is 18.5. The quantitative estimate of drug-likeness (QED) is 0.785. The molecular weight excluding hydrogens is 234 g/mol. The lowest BCUT2D eigenvalue weighted by Gasteiger charge is -2.21. The van der Waals surface area contributed by atoms with E-state index in [2.05, 4.69) is 0 Å². The molecule has 1 amide bonds. The normalized spacial score (nSPS) is 28.8. The fourth-order valence-corrected chi connectivity index (χ4v) is 3.09. The van der Waals surface area contributed by atoms with Gasteiger partial charge >= 0.3 is 5.97 Å². The van der Waals surface area contributed by atoms with Crippen molar-refractivity contribution in [3.8, 4) is 0 Å². The molecule has 1 aliphatic carbocycles. The molecule has 0 bridgehead atoms. The molecule has 1 aliphatic heterocycles. The van der Waals surface area contributed by atoms with E-state index in [0.29, 0.717) is 12.3 Å². The standard InChI is InChI=1S/C13H21NO4/c15-10-7-11(13(17)18)14(8-10)12(16)6-5-9-3-1-2-4-9/h9-11,15H,1-8H2,(H,17,18)/t10-,11-/m1/s1. The fraction of sp³-hybridized carbons (Fsp3) is 0.846. The molecule has 2 N–H and O–H groups in total. The summed E-state index contributed by atoms with van der Waals surface area (Å²) in [7, 11) is 0. The van der Waals surface area contributed by atoms with E-state index in [4.69, 9.17) is 5.11 Å². The van der Waals surface area contributed by atoms with Crippen LogP contribution in [-0.2, 0) is 9.59 Å². The van der Waals surface area contributed by atoms with Gasteiger partial charge in [0.05, 0.1) is 6.10 Å². The van der Waals surface area contributed by atoms with Crippen LogP contribution in [0.3, 0.4) is 0 Å². The summed E-state index contributed by atoms with van der Waals surface area (Å²) in [6.45, 7) is 0.167. The van der Waals surface area contributed by atoms with Gasteiger partial charge in [-0.1, -0.05) is 25.7 Å². The monoisotopic (exact) mass is 255 g/mol. The smallest absolute Gasteiger partial charge is 0.326 e. The van der Waals surface area contributed by atoms with E-state index < -0.39 is 18.1 Å². The summed E-state index contributed by atoms with van der Waals surface area (Å²) in [4.78, 5) is 24.4. The minimum Gasteiger partial charge on any atom is -0.480 e. The molecule has 102 valence electrons. The maximum absolute atomic E-state index is 12.0. The van der Waals surface area contributed by atoms with Crippen LogP contribution in [0.5, 0.6) is 0 Å². The number of likely N-dealkylation sites (tertiary alicyclic amines) is 1. The Balaban J connectivity index is 1.85. The second-order valence-electron chi connectivity index (χ2n) is 5.48. The summed E-state index contributed by atoms with van der Waals surface area (Å²) in [6, 6.07) is -0.837. The highest BCUT2D eigenvalue weighted by atomic mass is 16.4. The molecule has 2 aliphatic rings. The summed E-state index contributed by atoms with van der Waals surface area (Å²) < 4.78 is 0. The van der Waals surface area contributed by atoms with Crippen LogP contribution < -0.4 is 0 Å². The molecular formula is C13H21NO4.